The lowest BCUT2D eigenvalue weighted by molar-refractivity contribution is 0.583. The first-order chi connectivity index (χ1) is 7.74. The van der Waals surface area contributed by atoms with Crippen LogP contribution in [-0.4, -0.2) is 14.1 Å². The Labute approximate surface area is 103 Å². The third kappa shape index (κ3) is 3.30. The fourth-order valence-electron chi connectivity index (χ4n) is 1.79. The first-order valence-electron chi connectivity index (χ1n) is 5.34. The fourth-order valence-corrected chi connectivity index (χ4v) is 3.15. The lowest BCUT2D eigenvalue weighted by Crippen LogP contribution is -2.21. The van der Waals surface area contributed by atoms with Gasteiger partial charge in [0.25, 0.3) is 10.0 Å². The summed E-state index contributed by atoms with van der Waals surface area (Å²) in [6.07, 6.45) is 0. The summed E-state index contributed by atoms with van der Waals surface area (Å²) >= 11 is 0. The molecule has 0 saturated heterocycles. The maximum atomic E-state index is 12.1. The first kappa shape index (κ1) is 13.7. The van der Waals surface area contributed by atoms with Crippen LogP contribution in [0.5, 0.6) is 0 Å². The van der Waals surface area contributed by atoms with E-state index in [9.17, 15) is 8.42 Å². The Hall–Kier alpha value is -1.36. The molecule has 0 fully saturated rings. The van der Waals surface area contributed by atoms with Crippen LogP contribution in [0.1, 0.15) is 30.5 Å². The minimum atomic E-state index is -3.57. The van der Waals surface area contributed by atoms with Crippen LogP contribution in [0.25, 0.3) is 0 Å². The second kappa shape index (κ2) is 4.87. The third-order valence-corrected chi connectivity index (χ3v) is 3.78. The predicted octanol–water partition coefficient (Wildman–Crippen LogP) is 2.29. The monoisotopic (exact) mass is 254 g/mol. The molecule has 0 heterocycles. The van der Waals surface area contributed by atoms with Crippen LogP contribution in [-0.2, 0) is 10.0 Å². The van der Waals surface area contributed by atoms with Crippen LogP contribution in [0, 0.1) is 20.8 Å². The summed E-state index contributed by atoms with van der Waals surface area (Å²) in [6, 6.07) is 3.70. The minimum absolute atomic E-state index is 0.313. The molecule has 0 radical (unpaired) electrons. The maximum absolute atomic E-state index is 12.1. The Morgan fingerprint density at radius 1 is 1.12 bits per heavy atom. The van der Waals surface area contributed by atoms with E-state index in [1.54, 1.807) is 27.7 Å². The molecule has 94 valence electrons. The fraction of sp³-hybridized carbons (Fsp3) is 0.417. The second-order valence-electron chi connectivity index (χ2n) is 4.38. The lowest BCUT2D eigenvalue weighted by Gasteiger charge is -2.11. The summed E-state index contributed by atoms with van der Waals surface area (Å²) in [5, 5.41) is 3.76. The molecule has 1 N–H and O–H groups in total. The number of benzene rings is 1. The molecule has 0 saturated carbocycles. The summed E-state index contributed by atoms with van der Waals surface area (Å²) in [6.45, 7) is 8.99. The molecule has 0 atom stereocenters. The van der Waals surface area contributed by atoms with E-state index in [4.69, 9.17) is 0 Å². The Morgan fingerprint density at radius 3 is 2.00 bits per heavy atom. The first-order valence-corrected chi connectivity index (χ1v) is 6.83. The van der Waals surface area contributed by atoms with E-state index < -0.39 is 10.0 Å². The average Bonchev–Trinajstić information content (AvgIpc) is 2.12. The van der Waals surface area contributed by atoms with Crippen molar-refractivity contribution < 1.29 is 8.42 Å². The highest BCUT2D eigenvalue weighted by atomic mass is 32.2. The highest BCUT2D eigenvalue weighted by Gasteiger charge is 2.18. The van der Waals surface area contributed by atoms with Crippen molar-refractivity contribution >= 4 is 15.7 Å². The molecule has 4 nitrogen and oxygen atoms in total. The van der Waals surface area contributed by atoms with Gasteiger partial charge in [0.05, 0.1) is 4.90 Å². The standard InChI is InChI=1S/C12H18N2O2S/c1-8(2)13-14-17(15,16)12-10(4)6-9(3)7-11(12)5/h6-7,14H,1-5H3. The number of nitrogens with one attached hydrogen (secondary N) is 1. The molecule has 1 aromatic carbocycles. The van der Waals surface area contributed by atoms with Crippen LogP contribution in [0.3, 0.4) is 0 Å². The summed E-state index contributed by atoms with van der Waals surface area (Å²) in [4.78, 5) is 2.55. The number of hydrogen-bond acceptors (Lipinski definition) is 3. The highest BCUT2D eigenvalue weighted by molar-refractivity contribution is 7.89. The topological polar surface area (TPSA) is 58.5 Å². The van der Waals surface area contributed by atoms with Gasteiger partial charge in [-0.15, -0.1) is 0 Å². The Kier molecular flexibility index (Phi) is 3.93. The van der Waals surface area contributed by atoms with Gasteiger partial charge in [-0.25, -0.2) is 4.83 Å². The molecule has 1 rings (SSSR count). The van der Waals surface area contributed by atoms with E-state index >= 15 is 0 Å². The van der Waals surface area contributed by atoms with Crippen molar-refractivity contribution in [3.05, 3.63) is 28.8 Å². The summed E-state index contributed by atoms with van der Waals surface area (Å²) in [7, 11) is -3.57. The molecule has 0 aliphatic heterocycles. The van der Waals surface area contributed by atoms with Gasteiger partial charge in [0, 0.05) is 5.71 Å². The van der Waals surface area contributed by atoms with E-state index in [-0.39, 0.29) is 0 Å². The van der Waals surface area contributed by atoms with Crippen molar-refractivity contribution in [1.82, 2.24) is 4.83 Å². The molecule has 0 amide bonds. The summed E-state index contributed by atoms with van der Waals surface area (Å²) < 4.78 is 24.1. The van der Waals surface area contributed by atoms with E-state index in [0.29, 0.717) is 10.6 Å². The van der Waals surface area contributed by atoms with Gasteiger partial charge in [-0.2, -0.15) is 13.5 Å². The average molecular weight is 254 g/mol. The van der Waals surface area contributed by atoms with Gasteiger partial charge >= 0.3 is 0 Å². The molecule has 0 spiro atoms. The molecule has 0 aliphatic carbocycles. The number of hydrogen-bond donors (Lipinski definition) is 1. The molecule has 0 bridgehead atoms. The van der Waals surface area contributed by atoms with Gasteiger partial charge in [0.2, 0.25) is 0 Å². The number of rotatable bonds is 3. The number of sulfonamides is 1. The largest absolute Gasteiger partial charge is 0.277 e. The molecular formula is C12H18N2O2S. The zero-order valence-corrected chi connectivity index (χ0v) is 11.6. The molecule has 0 unspecified atom stereocenters. The minimum Gasteiger partial charge on any atom is -0.200 e. The normalized spacial score (nSPS) is 11.1. The van der Waals surface area contributed by atoms with Crippen molar-refractivity contribution in [3.8, 4) is 0 Å². The quantitative estimate of drug-likeness (QED) is 0.664. The van der Waals surface area contributed by atoms with Gasteiger partial charge in [-0.05, 0) is 45.7 Å². The van der Waals surface area contributed by atoms with Crippen LogP contribution in [0.4, 0.5) is 0 Å². The SMILES string of the molecule is CC(C)=NNS(=O)(=O)c1c(C)cc(C)cc1C. The highest BCUT2D eigenvalue weighted by Crippen LogP contribution is 2.21. The van der Waals surface area contributed by atoms with Gasteiger partial charge in [0.15, 0.2) is 0 Å². The van der Waals surface area contributed by atoms with Crippen molar-refractivity contribution in [2.24, 2.45) is 5.10 Å². The second-order valence-corrected chi connectivity index (χ2v) is 5.98. The smallest absolute Gasteiger partial charge is 0.200 e. The number of aryl methyl sites for hydroxylation is 3. The molecule has 1 aromatic rings. The molecule has 0 aliphatic rings. The van der Waals surface area contributed by atoms with Gasteiger partial charge in [0.1, 0.15) is 0 Å². The van der Waals surface area contributed by atoms with Crippen LogP contribution in [0.2, 0.25) is 0 Å². The number of nitrogens with zero attached hydrogens (tertiary/aromatic N) is 1. The third-order valence-electron chi connectivity index (χ3n) is 2.26. The number of hydrazone groups is 1. The maximum Gasteiger partial charge on any atom is 0.277 e. The zero-order chi connectivity index (χ0) is 13.2. The molecular weight excluding hydrogens is 236 g/mol. The molecule has 0 aromatic heterocycles. The zero-order valence-electron chi connectivity index (χ0n) is 10.8. The molecule has 17 heavy (non-hydrogen) atoms. The van der Waals surface area contributed by atoms with E-state index in [0.717, 1.165) is 16.7 Å². The Bertz CT molecular complexity index is 533. The molecule has 5 heteroatoms. The van der Waals surface area contributed by atoms with Gasteiger partial charge in [-0.3, -0.25) is 0 Å². The van der Waals surface area contributed by atoms with Crippen LogP contribution in [0.15, 0.2) is 22.1 Å². The van der Waals surface area contributed by atoms with E-state index in [2.05, 4.69) is 9.93 Å². The van der Waals surface area contributed by atoms with Crippen molar-refractivity contribution in [1.29, 1.82) is 0 Å². The van der Waals surface area contributed by atoms with Gasteiger partial charge in [-0.1, -0.05) is 17.7 Å². The van der Waals surface area contributed by atoms with Gasteiger partial charge < -0.3 is 0 Å². The summed E-state index contributed by atoms with van der Waals surface area (Å²) in [5.41, 5.74) is 3.18. The lowest BCUT2D eigenvalue weighted by atomic mass is 10.1. The van der Waals surface area contributed by atoms with Crippen molar-refractivity contribution in [3.63, 3.8) is 0 Å². The van der Waals surface area contributed by atoms with Crippen molar-refractivity contribution in [2.45, 2.75) is 39.5 Å². The summed E-state index contributed by atoms with van der Waals surface area (Å²) in [5.74, 6) is 0. The predicted molar refractivity (Wildman–Crippen MR) is 69.8 cm³/mol. The van der Waals surface area contributed by atoms with Crippen LogP contribution >= 0.6 is 0 Å². The van der Waals surface area contributed by atoms with E-state index in [1.165, 1.54) is 0 Å². The Morgan fingerprint density at radius 2 is 1.59 bits per heavy atom. The Balaban J connectivity index is 3.30. The van der Waals surface area contributed by atoms with Crippen molar-refractivity contribution in [2.75, 3.05) is 0 Å². The van der Waals surface area contributed by atoms with E-state index in [1.807, 2.05) is 19.1 Å². The van der Waals surface area contributed by atoms with Crippen LogP contribution < -0.4 is 4.83 Å².